The lowest BCUT2D eigenvalue weighted by Gasteiger charge is -2.09. The summed E-state index contributed by atoms with van der Waals surface area (Å²) in [4.78, 5) is 11.9. The summed E-state index contributed by atoms with van der Waals surface area (Å²) >= 11 is 11.8. The molecule has 2 N–H and O–H groups in total. The number of carbonyl (C=O) groups excluding carboxylic acids is 1. The number of amides is 2. The van der Waals surface area contributed by atoms with Crippen molar-refractivity contribution in [1.82, 2.24) is 15.5 Å². The van der Waals surface area contributed by atoms with Crippen molar-refractivity contribution < 1.29 is 9.53 Å². The molecule has 1 aromatic heterocycles. The Morgan fingerprint density at radius 1 is 1.00 bits per heavy atom. The van der Waals surface area contributed by atoms with E-state index < -0.39 is 0 Å². The Kier molecular flexibility index (Phi) is 6.68. The first-order valence-corrected chi connectivity index (χ1v) is 9.30. The number of anilines is 1. The van der Waals surface area contributed by atoms with Gasteiger partial charge < -0.3 is 15.4 Å². The van der Waals surface area contributed by atoms with Gasteiger partial charge in [0.25, 0.3) is 0 Å². The van der Waals surface area contributed by atoms with Gasteiger partial charge in [0.1, 0.15) is 6.61 Å². The molecule has 2 amide bonds. The molecule has 0 atom stereocenters. The Morgan fingerprint density at radius 2 is 1.79 bits per heavy atom. The Hall–Kier alpha value is -2.83. The van der Waals surface area contributed by atoms with Crippen LogP contribution >= 0.6 is 23.2 Å². The topological polar surface area (TPSA) is 76.1 Å². The number of benzene rings is 2. The maximum absolute atomic E-state index is 11.9. The Morgan fingerprint density at radius 3 is 2.46 bits per heavy atom. The molecule has 28 heavy (non-hydrogen) atoms. The SMILES string of the molecule is Cc1ccc(-c2ccc(OCCNC(=O)Nc3ccc(Cl)c(Cl)c3)nn2)cc1. The zero-order valence-electron chi connectivity index (χ0n) is 15.1. The van der Waals surface area contributed by atoms with Gasteiger partial charge in [-0.2, -0.15) is 0 Å². The third kappa shape index (κ3) is 5.58. The average molecular weight is 417 g/mol. The lowest BCUT2D eigenvalue weighted by atomic mass is 10.1. The van der Waals surface area contributed by atoms with Crippen LogP contribution in [0.2, 0.25) is 10.0 Å². The van der Waals surface area contributed by atoms with Gasteiger partial charge in [-0.25, -0.2) is 4.79 Å². The fourth-order valence-electron chi connectivity index (χ4n) is 2.34. The second kappa shape index (κ2) is 9.39. The zero-order chi connectivity index (χ0) is 19.9. The van der Waals surface area contributed by atoms with Crippen LogP contribution in [0.15, 0.2) is 54.6 Å². The van der Waals surface area contributed by atoms with Gasteiger partial charge in [0.2, 0.25) is 5.88 Å². The first-order valence-electron chi connectivity index (χ1n) is 8.55. The summed E-state index contributed by atoms with van der Waals surface area (Å²) in [6, 6.07) is 16.1. The number of hydrogen-bond donors (Lipinski definition) is 2. The number of urea groups is 1. The highest BCUT2D eigenvalue weighted by atomic mass is 35.5. The molecule has 0 aliphatic carbocycles. The molecule has 0 unspecified atom stereocenters. The van der Waals surface area contributed by atoms with Crippen molar-refractivity contribution >= 4 is 34.9 Å². The molecule has 3 aromatic rings. The van der Waals surface area contributed by atoms with Gasteiger partial charge in [0.15, 0.2) is 0 Å². The van der Waals surface area contributed by atoms with E-state index in [0.717, 1.165) is 11.3 Å². The highest BCUT2D eigenvalue weighted by molar-refractivity contribution is 6.42. The minimum Gasteiger partial charge on any atom is -0.475 e. The van der Waals surface area contributed by atoms with Crippen LogP contribution in [-0.2, 0) is 0 Å². The first kappa shape index (κ1) is 19.9. The summed E-state index contributed by atoms with van der Waals surface area (Å²) < 4.78 is 5.50. The second-order valence-corrected chi connectivity index (χ2v) is 6.80. The van der Waals surface area contributed by atoms with E-state index in [1.807, 2.05) is 37.3 Å². The number of carbonyl (C=O) groups is 1. The maximum atomic E-state index is 11.9. The number of hydrogen-bond acceptors (Lipinski definition) is 4. The quantitative estimate of drug-likeness (QED) is 0.556. The van der Waals surface area contributed by atoms with Crippen molar-refractivity contribution in [2.75, 3.05) is 18.5 Å². The summed E-state index contributed by atoms with van der Waals surface area (Å²) in [5.74, 6) is 0.391. The van der Waals surface area contributed by atoms with Crippen molar-refractivity contribution in [3.05, 3.63) is 70.2 Å². The summed E-state index contributed by atoms with van der Waals surface area (Å²) in [6.45, 7) is 2.59. The lowest BCUT2D eigenvalue weighted by Crippen LogP contribution is -2.32. The van der Waals surface area contributed by atoms with Crippen LogP contribution in [0, 0.1) is 6.92 Å². The molecule has 0 spiro atoms. The van der Waals surface area contributed by atoms with Gasteiger partial charge in [0.05, 0.1) is 22.3 Å². The van der Waals surface area contributed by atoms with E-state index >= 15 is 0 Å². The molecule has 144 valence electrons. The molecule has 3 rings (SSSR count). The zero-order valence-corrected chi connectivity index (χ0v) is 16.6. The average Bonchev–Trinajstić information content (AvgIpc) is 2.69. The van der Waals surface area contributed by atoms with E-state index in [4.69, 9.17) is 27.9 Å². The molecule has 0 aliphatic heterocycles. The second-order valence-electron chi connectivity index (χ2n) is 5.98. The summed E-state index contributed by atoms with van der Waals surface area (Å²) in [7, 11) is 0. The smallest absolute Gasteiger partial charge is 0.319 e. The van der Waals surface area contributed by atoms with Gasteiger partial charge in [-0.1, -0.05) is 53.0 Å². The molecule has 0 saturated heterocycles. The van der Waals surface area contributed by atoms with Crippen molar-refractivity contribution in [2.24, 2.45) is 0 Å². The van der Waals surface area contributed by atoms with E-state index in [1.54, 1.807) is 24.3 Å². The van der Waals surface area contributed by atoms with Gasteiger partial charge in [-0.15, -0.1) is 10.2 Å². The van der Waals surface area contributed by atoms with Crippen molar-refractivity contribution in [1.29, 1.82) is 0 Å². The largest absolute Gasteiger partial charge is 0.475 e. The molecule has 1 heterocycles. The van der Waals surface area contributed by atoms with Crippen LogP contribution < -0.4 is 15.4 Å². The van der Waals surface area contributed by atoms with Crippen LogP contribution in [-0.4, -0.2) is 29.4 Å². The van der Waals surface area contributed by atoms with E-state index in [1.165, 1.54) is 5.56 Å². The number of rotatable bonds is 6. The molecule has 8 heteroatoms. The predicted octanol–water partition coefficient (Wildman–Crippen LogP) is 4.96. The predicted molar refractivity (Wildman–Crippen MR) is 111 cm³/mol. The van der Waals surface area contributed by atoms with Crippen molar-refractivity contribution in [2.45, 2.75) is 6.92 Å². The number of aromatic nitrogens is 2. The third-order valence-corrected chi connectivity index (χ3v) is 4.54. The minimum absolute atomic E-state index is 0.257. The molecule has 0 bridgehead atoms. The summed E-state index contributed by atoms with van der Waals surface area (Å²) in [5.41, 5.74) is 3.49. The number of ether oxygens (including phenoxy) is 1. The lowest BCUT2D eigenvalue weighted by molar-refractivity contribution is 0.246. The van der Waals surface area contributed by atoms with Crippen LogP contribution in [0.3, 0.4) is 0 Å². The van der Waals surface area contributed by atoms with Crippen LogP contribution in [0.4, 0.5) is 10.5 Å². The highest BCUT2D eigenvalue weighted by Crippen LogP contribution is 2.24. The highest BCUT2D eigenvalue weighted by Gasteiger charge is 2.05. The van der Waals surface area contributed by atoms with Gasteiger partial charge in [-0.3, -0.25) is 0 Å². The minimum atomic E-state index is -0.372. The first-order chi connectivity index (χ1) is 13.5. The maximum Gasteiger partial charge on any atom is 0.319 e. The molecule has 6 nitrogen and oxygen atoms in total. The normalized spacial score (nSPS) is 10.4. The Labute approximate surface area is 172 Å². The Bertz CT molecular complexity index is 947. The van der Waals surface area contributed by atoms with E-state index in [2.05, 4.69) is 20.8 Å². The summed E-state index contributed by atoms with van der Waals surface area (Å²) in [6.07, 6.45) is 0. The monoisotopic (exact) mass is 416 g/mol. The summed E-state index contributed by atoms with van der Waals surface area (Å²) in [5, 5.41) is 14.4. The van der Waals surface area contributed by atoms with E-state index in [-0.39, 0.29) is 12.6 Å². The molecule has 0 radical (unpaired) electrons. The van der Waals surface area contributed by atoms with Crippen LogP contribution in [0.1, 0.15) is 5.56 Å². The standard InChI is InChI=1S/C20H18Cl2N4O2/c1-13-2-4-14(5-3-13)18-8-9-19(26-25-18)28-11-10-23-20(27)24-15-6-7-16(21)17(22)12-15/h2-9,12H,10-11H2,1H3,(H2,23,24,27). The molecule has 2 aromatic carbocycles. The van der Waals surface area contributed by atoms with Crippen LogP contribution in [0.25, 0.3) is 11.3 Å². The molecule has 0 aliphatic rings. The van der Waals surface area contributed by atoms with Crippen molar-refractivity contribution in [3.63, 3.8) is 0 Å². The number of nitrogens with zero attached hydrogens (tertiary/aromatic N) is 2. The Balaban J connectivity index is 1.42. The van der Waals surface area contributed by atoms with E-state index in [0.29, 0.717) is 28.2 Å². The van der Waals surface area contributed by atoms with E-state index in [9.17, 15) is 4.79 Å². The van der Waals surface area contributed by atoms with Crippen LogP contribution in [0.5, 0.6) is 5.88 Å². The number of nitrogens with one attached hydrogen (secondary N) is 2. The fourth-order valence-corrected chi connectivity index (χ4v) is 2.64. The third-order valence-electron chi connectivity index (χ3n) is 3.80. The van der Waals surface area contributed by atoms with Gasteiger partial charge >= 0.3 is 6.03 Å². The number of aryl methyl sites for hydroxylation is 1. The van der Waals surface area contributed by atoms with Crippen molar-refractivity contribution in [3.8, 4) is 17.1 Å². The molecular formula is C20H18Cl2N4O2. The molecule has 0 saturated carbocycles. The van der Waals surface area contributed by atoms with Gasteiger partial charge in [0, 0.05) is 17.3 Å². The molecular weight excluding hydrogens is 399 g/mol. The van der Waals surface area contributed by atoms with Gasteiger partial charge in [-0.05, 0) is 31.2 Å². The fraction of sp³-hybridized carbons (Fsp3) is 0.150. The number of halogens is 2. The molecule has 0 fully saturated rings.